The van der Waals surface area contributed by atoms with Crippen LogP contribution >= 0.6 is 0 Å². The Hall–Kier alpha value is -1.84. The molecule has 1 atom stereocenters. The maximum absolute atomic E-state index is 12.3. The van der Waals surface area contributed by atoms with Gasteiger partial charge in [-0.25, -0.2) is 0 Å². The number of carbonyl (C=O) groups excluding carboxylic acids is 2. The zero-order chi connectivity index (χ0) is 15.1. The van der Waals surface area contributed by atoms with Crippen LogP contribution in [0.3, 0.4) is 0 Å². The fourth-order valence-corrected chi connectivity index (χ4v) is 2.80. The van der Waals surface area contributed by atoms with Crippen molar-refractivity contribution in [3.8, 4) is 5.75 Å². The number of rotatable bonds is 6. The minimum absolute atomic E-state index is 0.00358. The Kier molecular flexibility index (Phi) is 5.37. The summed E-state index contributed by atoms with van der Waals surface area (Å²) in [5.74, 6) is 0.370. The van der Waals surface area contributed by atoms with Crippen LogP contribution < -0.4 is 4.74 Å². The molecule has 1 unspecified atom stereocenters. The van der Waals surface area contributed by atoms with E-state index in [0.717, 1.165) is 18.6 Å². The van der Waals surface area contributed by atoms with Crippen LogP contribution in [-0.2, 0) is 14.3 Å². The largest absolute Gasteiger partial charge is 0.494 e. The average Bonchev–Trinajstić information content (AvgIpc) is 2.50. The molecule has 0 heterocycles. The lowest BCUT2D eigenvalue weighted by Gasteiger charge is -2.33. The average molecular weight is 290 g/mol. The molecule has 0 radical (unpaired) electrons. The number of ketones is 1. The van der Waals surface area contributed by atoms with Gasteiger partial charge in [0.25, 0.3) is 0 Å². The summed E-state index contributed by atoms with van der Waals surface area (Å²) in [5.41, 5.74) is -0.997. The third kappa shape index (κ3) is 3.63. The molecule has 0 bridgehead atoms. The highest BCUT2D eigenvalue weighted by atomic mass is 16.5. The van der Waals surface area contributed by atoms with E-state index in [0.29, 0.717) is 32.5 Å². The van der Waals surface area contributed by atoms with Gasteiger partial charge in [-0.2, -0.15) is 0 Å². The molecular weight excluding hydrogens is 268 g/mol. The second-order valence-corrected chi connectivity index (χ2v) is 5.34. The van der Waals surface area contributed by atoms with Crippen molar-refractivity contribution in [1.82, 2.24) is 0 Å². The summed E-state index contributed by atoms with van der Waals surface area (Å²) in [6.45, 7) is 2.40. The predicted molar refractivity (Wildman–Crippen MR) is 79.1 cm³/mol. The molecule has 114 valence electrons. The van der Waals surface area contributed by atoms with Crippen molar-refractivity contribution >= 4 is 11.8 Å². The van der Waals surface area contributed by atoms with E-state index in [1.54, 1.807) is 6.92 Å². The van der Waals surface area contributed by atoms with Crippen LogP contribution in [0.15, 0.2) is 30.3 Å². The molecule has 0 N–H and O–H groups in total. The molecule has 4 nitrogen and oxygen atoms in total. The summed E-state index contributed by atoms with van der Waals surface area (Å²) >= 11 is 0. The summed E-state index contributed by atoms with van der Waals surface area (Å²) < 4.78 is 10.8. The summed E-state index contributed by atoms with van der Waals surface area (Å²) in [6.07, 6.45) is 3.17. The van der Waals surface area contributed by atoms with Gasteiger partial charge in [-0.05, 0) is 31.9 Å². The number of ether oxygens (including phenoxy) is 2. The van der Waals surface area contributed by atoms with Crippen LogP contribution in [0, 0.1) is 5.41 Å². The number of carbonyl (C=O) groups is 2. The number of hydrogen-bond donors (Lipinski definition) is 0. The van der Waals surface area contributed by atoms with Gasteiger partial charge in [0.2, 0.25) is 0 Å². The van der Waals surface area contributed by atoms with E-state index in [9.17, 15) is 9.59 Å². The number of esters is 1. The zero-order valence-electron chi connectivity index (χ0n) is 12.5. The Bertz CT molecular complexity index is 483. The fourth-order valence-electron chi connectivity index (χ4n) is 2.80. The first-order valence-corrected chi connectivity index (χ1v) is 7.57. The molecular formula is C17H22O4. The van der Waals surface area contributed by atoms with E-state index in [1.807, 2.05) is 30.3 Å². The van der Waals surface area contributed by atoms with Gasteiger partial charge in [0.1, 0.15) is 16.9 Å². The van der Waals surface area contributed by atoms with Crippen molar-refractivity contribution in [2.45, 2.75) is 39.0 Å². The predicted octanol–water partition coefficient (Wildman–Crippen LogP) is 3.15. The monoisotopic (exact) mass is 290 g/mol. The molecule has 1 aliphatic carbocycles. The second-order valence-electron chi connectivity index (χ2n) is 5.34. The van der Waals surface area contributed by atoms with Crippen molar-refractivity contribution < 1.29 is 19.1 Å². The SMILES string of the molecule is CCOC(=O)C1(CCOc2ccccc2)CCCCC1=O. The third-order valence-electron chi connectivity index (χ3n) is 4.00. The Morgan fingerprint density at radius 2 is 2.00 bits per heavy atom. The molecule has 0 amide bonds. The summed E-state index contributed by atoms with van der Waals surface area (Å²) in [7, 11) is 0. The van der Waals surface area contributed by atoms with Crippen molar-refractivity contribution in [3.63, 3.8) is 0 Å². The molecule has 1 saturated carbocycles. The standard InChI is InChI=1S/C17H22O4/c1-2-20-16(19)17(11-7-6-10-15(17)18)12-13-21-14-8-4-3-5-9-14/h3-5,8-9H,2,6-7,10-13H2,1H3. The Morgan fingerprint density at radius 1 is 1.24 bits per heavy atom. The Balaban J connectivity index is 2.02. The molecule has 0 aromatic heterocycles. The van der Waals surface area contributed by atoms with Crippen LogP contribution in [-0.4, -0.2) is 25.0 Å². The third-order valence-corrected chi connectivity index (χ3v) is 4.00. The molecule has 0 aliphatic heterocycles. The van der Waals surface area contributed by atoms with E-state index >= 15 is 0 Å². The molecule has 1 aromatic carbocycles. The second kappa shape index (κ2) is 7.25. The van der Waals surface area contributed by atoms with Gasteiger partial charge in [-0.1, -0.05) is 24.6 Å². The fraction of sp³-hybridized carbons (Fsp3) is 0.529. The van der Waals surface area contributed by atoms with Crippen molar-refractivity contribution in [1.29, 1.82) is 0 Å². The minimum Gasteiger partial charge on any atom is -0.494 e. The highest BCUT2D eigenvalue weighted by Gasteiger charge is 2.47. The van der Waals surface area contributed by atoms with Gasteiger partial charge in [-0.3, -0.25) is 9.59 Å². The molecule has 1 aromatic rings. The van der Waals surface area contributed by atoms with Gasteiger partial charge >= 0.3 is 5.97 Å². The number of para-hydroxylation sites is 1. The summed E-state index contributed by atoms with van der Waals surface area (Å²) in [4.78, 5) is 24.6. The number of hydrogen-bond acceptors (Lipinski definition) is 4. The van der Waals surface area contributed by atoms with Crippen molar-refractivity contribution in [2.75, 3.05) is 13.2 Å². The lowest BCUT2D eigenvalue weighted by Crippen LogP contribution is -2.44. The van der Waals surface area contributed by atoms with E-state index in [2.05, 4.69) is 0 Å². The molecule has 21 heavy (non-hydrogen) atoms. The summed E-state index contributed by atoms with van der Waals surface area (Å²) in [5, 5.41) is 0. The van der Waals surface area contributed by atoms with Gasteiger partial charge < -0.3 is 9.47 Å². The first-order valence-electron chi connectivity index (χ1n) is 7.57. The van der Waals surface area contributed by atoms with Crippen LogP contribution in [0.4, 0.5) is 0 Å². The lowest BCUT2D eigenvalue weighted by molar-refractivity contribution is -0.163. The molecule has 0 spiro atoms. The first kappa shape index (κ1) is 15.5. The number of benzene rings is 1. The van der Waals surface area contributed by atoms with E-state index < -0.39 is 5.41 Å². The molecule has 1 aliphatic rings. The Labute approximate surface area is 125 Å². The van der Waals surface area contributed by atoms with Gasteiger partial charge in [0, 0.05) is 12.8 Å². The maximum atomic E-state index is 12.3. The van der Waals surface area contributed by atoms with Crippen LogP contribution in [0.25, 0.3) is 0 Å². The van der Waals surface area contributed by atoms with E-state index in [4.69, 9.17) is 9.47 Å². The van der Waals surface area contributed by atoms with Crippen LogP contribution in [0.2, 0.25) is 0 Å². The topological polar surface area (TPSA) is 52.6 Å². The van der Waals surface area contributed by atoms with Crippen molar-refractivity contribution in [2.24, 2.45) is 5.41 Å². The highest BCUT2D eigenvalue weighted by molar-refractivity contribution is 6.04. The molecule has 4 heteroatoms. The van der Waals surface area contributed by atoms with Crippen LogP contribution in [0.5, 0.6) is 5.75 Å². The highest BCUT2D eigenvalue weighted by Crippen LogP contribution is 2.38. The summed E-state index contributed by atoms with van der Waals surface area (Å²) in [6, 6.07) is 9.42. The lowest BCUT2D eigenvalue weighted by atomic mass is 9.71. The quantitative estimate of drug-likeness (QED) is 0.596. The van der Waals surface area contributed by atoms with E-state index in [-0.39, 0.29) is 11.8 Å². The minimum atomic E-state index is -0.997. The maximum Gasteiger partial charge on any atom is 0.319 e. The van der Waals surface area contributed by atoms with Gasteiger partial charge in [0.05, 0.1) is 13.2 Å². The zero-order valence-corrected chi connectivity index (χ0v) is 12.5. The first-order chi connectivity index (χ1) is 10.2. The number of Topliss-reactive ketones (excluding diaryl/α,β-unsaturated/α-hetero) is 1. The molecule has 1 fully saturated rings. The molecule has 0 saturated heterocycles. The van der Waals surface area contributed by atoms with Gasteiger partial charge in [-0.15, -0.1) is 0 Å². The Morgan fingerprint density at radius 3 is 2.67 bits per heavy atom. The van der Waals surface area contributed by atoms with E-state index in [1.165, 1.54) is 0 Å². The molecule has 2 rings (SSSR count). The smallest absolute Gasteiger partial charge is 0.319 e. The normalized spacial score (nSPS) is 21.9. The van der Waals surface area contributed by atoms with Crippen LogP contribution in [0.1, 0.15) is 39.0 Å². The van der Waals surface area contributed by atoms with Gasteiger partial charge in [0.15, 0.2) is 0 Å². The van der Waals surface area contributed by atoms with Crippen molar-refractivity contribution in [3.05, 3.63) is 30.3 Å².